The summed E-state index contributed by atoms with van der Waals surface area (Å²) < 4.78 is 2.04. The zero-order valence-electron chi connectivity index (χ0n) is 11.9. The monoisotopic (exact) mass is 262 g/mol. The van der Waals surface area contributed by atoms with E-state index in [1.807, 2.05) is 4.57 Å². The molecule has 2 heterocycles. The van der Waals surface area contributed by atoms with Crippen molar-refractivity contribution in [1.82, 2.24) is 24.4 Å². The Morgan fingerprint density at radius 3 is 2.89 bits per heavy atom. The summed E-state index contributed by atoms with van der Waals surface area (Å²) in [5.41, 5.74) is 7.28. The van der Waals surface area contributed by atoms with Gasteiger partial charge in [-0.2, -0.15) is 0 Å². The van der Waals surface area contributed by atoms with Gasteiger partial charge in [-0.3, -0.25) is 0 Å². The van der Waals surface area contributed by atoms with Crippen LogP contribution >= 0.6 is 0 Å². The summed E-state index contributed by atoms with van der Waals surface area (Å²) in [5.74, 6) is 0.445. The summed E-state index contributed by atoms with van der Waals surface area (Å²) in [7, 11) is 2.17. The molecule has 0 amide bonds. The maximum absolute atomic E-state index is 5.77. The van der Waals surface area contributed by atoms with Crippen LogP contribution < -0.4 is 5.73 Å². The molecule has 0 bridgehead atoms. The Bertz CT molecular complexity index is 535. The van der Waals surface area contributed by atoms with E-state index in [9.17, 15) is 0 Å². The first-order valence-corrected chi connectivity index (χ1v) is 6.75. The van der Waals surface area contributed by atoms with Gasteiger partial charge in [0, 0.05) is 12.6 Å². The molecule has 2 N–H and O–H groups in total. The highest BCUT2D eigenvalue weighted by Gasteiger charge is 2.09. The van der Waals surface area contributed by atoms with E-state index in [0.717, 1.165) is 25.2 Å². The Hall–Kier alpha value is -1.69. The number of nitrogens with two attached hydrogens (primary N) is 1. The Balaban J connectivity index is 1.97. The van der Waals surface area contributed by atoms with Gasteiger partial charge < -0.3 is 15.2 Å². The van der Waals surface area contributed by atoms with Crippen LogP contribution in [0.5, 0.6) is 0 Å². The number of nitrogens with zero attached hydrogens (tertiary/aromatic N) is 5. The fraction of sp³-hybridized carbons (Fsp3) is 0.615. The summed E-state index contributed by atoms with van der Waals surface area (Å²) in [6.45, 7) is 6.42. The lowest BCUT2D eigenvalue weighted by Crippen LogP contribution is -2.29. The molecule has 19 heavy (non-hydrogen) atoms. The van der Waals surface area contributed by atoms with E-state index < -0.39 is 0 Å². The number of rotatable bonds is 6. The lowest BCUT2D eigenvalue weighted by atomic mass is 10.2. The number of fused-ring (bicyclic) bond motifs is 1. The molecule has 0 aromatic carbocycles. The number of hydrogen-bond donors (Lipinski definition) is 1. The first-order chi connectivity index (χ1) is 9.13. The minimum absolute atomic E-state index is 0.445. The summed E-state index contributed by atoms with van der Waals surface area (Å²) >= 11 is 0. The highest BCUT2D eigenvalue weighted by atomic mass is 15.1. The van der Waals surface area contributed by atoms with E-state index in [1.165, 1.54) is 12.7 Å². The van der Waals surface area contributed by atoms with Crippen LogP contribution in [-0.2, 0) is 6.54 Å². The first kappa shape index (κ1) is 13.7. The Morgan fingerprint density at radius 2 is 2.16 bits per heavy atom. The Labute approximate surface area is 113 Å². The predicted molar refractivity (Wildman–Crippen MR) is 76.7 cm³/mol. The summed E-state index contributed by atoms with van der Waals surface area (Å²) in [4.78, 5) is 14.8. The van der Waals surface area contributed by atoms with Gasteiger partial charge in [0.05, 0.1) is 6.33 Å². The molecular formula is C13H22N6. The van der Waals surface area contributed by atoms with Crippen molar-refractivity contribution in [2.24, 2.45) is 0 Å². The van der Waals surface area contributed by atoms with Gasteiger partial charge in [-0.25, -0.2) is 15.0 Å². The van der Waals surface area contributed by atoms with Gasteiger partial charge in [-0.05, 0) is 33.4 Å². The second-order valence-electron chi connectivity index (χ2n) is 4.96. The van der Waals surface area contributed by atoms with E-state index in [1.54, 1.807) is 6.33 Å². The fourth-order valence-corrected chi connectivity index (χ4v) is 2.08. The molecule has 104 valence electrons. The average Bonchev–Trinajstić information content (AvgIpc) is 2.82. The average molecular weight is 262 g/mol. The number of hydrogen-bond acceptors (Lipinski definition) is 5. The van der Waals surface area contributed by atoms with Gasteiger partial charge in [0.25, 0.3) is 0 Å². The van der Waals surface area contributed by atoms with Gasteiger partial charge in [-0.15, -0.1) is 0 Å². The van der Waals surface area contributed by atoms with Crippen LogP contribution in [0.2, 0.25) is 0 Å². The second-order valence-corrected chi connectivity index (χ2v) is 4.96. The zero-order chi connectivity index (χ0) is 13.8. The summed E-state index contributed by atoms with van der Waals surface area (Å²) in [6.07, 6.45) is 5.52. The van der Waals surface area contributed by atoms with Crippen molar-refractivity contribution in [2.75, 3.05) is 19.3 Å². The van der Waals surface area contributed by atoms with E-state index in [0.29, 0.717) is 17.4 Å². The molecule has 6 nitrogen and oxygen atoms in total. The first-order valence-electron chi connectivity index (χ1n) is 6.75. The minimum Gasteiger partial charge on any atom is -0.382 e. The molecule has 6 heteroatoms. The van der Waals surface area contributed by atoms with E-state index in [4.69, 9.17) is 5.73 Å². The SMILES string of the molecule is CCC(C)N(C)CCCn1cnc2c(N)ncnc21. The van der Waals surface area contributed by atoms with Crippen molar-refractivity contribution >= 4 is 17.0 Å². The van der Waals surface area contributed by atoms with Crippen molar-refractivity contribution in [3.8, 4) is 0 Å². The third kappa shape index (κ3) is 3.01. The van der Waals surface area contributed by atoms with Gasteiger partial charge >= 0.3 is 0 Å². The van der Waals surface area contributed by atoms with Crippen LogP contribution in [0.1, 0.15) is 26.7 Å². The van der Waals surface area contributed by atoms with Gasteiger partial charge in [-0.1, -0.05) is 6.92 Å². The lowest BCUT2D eigenvalue weighted by Gasteiger charge is -2.23. The molecule has 0 aliphatic rings. The third-order valence-electron chi connectivity index (χ3n) is 3.68. The number of aromatic nitrogens is 4. The van der Waals surface area contributed by atoms with Gasteiger partial charge in [0.2, 0.25) is 0 Å². The van der Waals surface area contributed by atoms with Crippen LogP contribution in [-0.4, -0.2) is 44.1 Å². The zero-order valence-corrected chi connectivity index (χ0v) is 11.9. The minimum atomic E-state index is 0.445. The number of anilines is 1. The lowest BCUT2D eigenvalue weighted by molar-refractivity contribution is 0.245. The second kappa shape index (κ2) is 5.97. The number of aryl methyl sites for hydroxylation is 1. The van der Waals surface area contributed by atoms with Gasteiger partial charge in [0.15, 0.2) is 11.5 Å². The Kier molecular flexibility index (Phi) is 4.31. The molecule has 0 saturated carbocycles. The highest BCUT2D eigenvalue weighted by Crippen LogP contribution is 2.14. The maximum Gasteiger partial charge on any atom is 0.165 e. The maximum atomic E-state index is 5.77. The fourth-order valence-electron chi connectivity index (χ4n) is 2.08. The summed E-state index contributed by atoms with van der Waals surface area (Å²) in [6, 6.07) is 0.623. The molecule has 2 aromatic heterocycles. The van der Waals surface area contributed by atoms with Crippen molar-refractivity contribution in [1.29, 1.82) is 0 Å². The van der Waals surface area contributed by atoms with Crippen molar-refractivity contribution in [3.05, 3.63) is 12.7 Å². The molecule has 0 aliphatic heterocycles. The van der Waals surface area contributed by atoms with Crippen LogP contribution in [0.25, 0.3) is 11.2 Å². The molecule has 2 rings (SSSR count). The van der Waals surface area contributed by atoms with E-state index >= 15 is 0 Å². The number of imidazole rings is 1. The van der Waals surface area contributed by atoms with Gasteiger partial charge in [0.1, 0.15) is 11.8 Å². The molecule has 2 aromatic rings. The van der Waals surface area contributed by atoms with Crippen molar-refractivity contribution in [3.63, 3.8) is 0 Å². The quantitative estimate of drug-likeness (QED) is 0.854. The normalized spacial score (nSPS) is 13.3. The van der Waals surface area contributed by atoms with Crippen molar-refractivity contribution < 1.29 is 0 Å². The molecule has 0 radical (unpaired) electrons. The largest absolute Gasteiger partial charge is 0.382 e. The standard InChI is InChI=1S/C13H22N6/c1-4-10(2)18(3)6-5-7-19-9-17-11-12(14)15-8-16-13(11)19/h8-10H,4-7H2,1-3H3,(H2,14,15,16). The molecule has 1 unspecified atom stereocenters. The molecule has 0 fully saturated rings. The van der Waals surface area contributed by atoms with Crippen LogP contribution in [0.4, 0.5) is 5.82 Å². The topological polar surface area (TPSA) is 72.9 Å². The molecular weight excluding hydrogens is 240 g/mol. The Morgan fingerprint density at radius 1 is 1.37 bits per heavy atom. The molecule has 0 aliphatic carbocycles. The van der Waals surface area contributed by atoms with Crippen molar-refractivity contribution in [2.45, 2.75) is 39.3 Å². The van der Waals surface area contributed by atoms with Crippen LogP contribution in [0.15, 0.2) is 12.7 Å². The highest BCUT2D eigenvalue weighted by molar-refractivity contribution is 5.80. The smallest absolute Gasteiger partial charge is 0.165 e. The molecule has 1 atom stereocenters. The third-order valence-corrected chi connectivity index (χ3v) is 3.68. The van der Waals surface area contributed by atoms with E-state index in [-0.39, 0.29) is 0 Å². The number of nitrogen functional groups attached to an aromatic ring is 1. The summed E-state index contributed by atoms with van der Waals surface area (Å²) in [5, 5.41) is 0. The molecule has 0 spiro atoms. The molecule has 0 saturated heterocycles. The van der Waals surface area contributed by atoms with Crippen LogP contribution in [0.3, 0.4) is 0 Å². The predicted octanol–water partition coefficient (Wildman–Crippen LogP) is 1.53. The van der Waals surface area contributed by atoms with E-state index in [2.05, 4.69) is 40.7 Å². The van der Waals surface area contributed by atoms with Crippen LogP contribution in [0, 0.1) is 0 Å².